The molecule has 3 unspecified atom stereocenters. The first-order chi connectivity index (χ1) is 8.40. The Hall–Kier alpha value is -1.10. The first kappa shape index (κ1) is 15.0. The van der Waals surface area contributed by atoms with E-state index < -0.39 is 12.0 Å². The molecule has 1 fully saturated rings. The van der Waals surface area contributed by atoms with E-state index in [1.54, 1.807) is 0 Å². The van der Waals surface area contributed by atoms with Gasteiger partial charge in [-0.25, -0.2) is 0 Å². The number of carbonyl (C=O) groups excluding carboxylic acids is 1. The molecule has 3 atom stereocenters. The number of nitrogens with two attached hydrogens (primary N) is 1. The summed E-state index contributed by atoms with van der Waals surface area (Å²) in [7, 11) is 0. The minimum atomic E-state index is -0.763. The van der Waals surface area contributed by atoms with Gasteiger partial charge in [0.1, 0.15) is 0 Å². The van der Waals surface area contributed by atoms with Gasteiger partial charge in [-0.1, -0.05) is 20.3 Å². The molecular formula is C13H24N2O3. The maximum atomic E-state index is 11.8. The highest BCUT2D eigenvalue weighted by Crippen LogP contribution is 2.24. The lowest BCUT2D eigenvalue weighted by atomic mass is 9.85. The lowest BCUT2D eigenvalue weighted by Crippen LogP contribution is -2.47. The first-order valence-electron chi connectivity index (χ1n) is 6.69. The van der Waals surface area contributed by atoms with E-state index in [0.29, 0.717) is 25.2 Å². The molecule has 0 radical (unpaired) electrons. The summed E-state index contributed by atoms with van der Waals surface area (Å²) < 4.78 is 0. The van der Waals surface area contributed by atoms with Gasteiger partial charge in [0.2, 0.25) is 5.91 Å². The summed E-state index contributed by atoms with van der Waals surface area (Å²) in [6.07, 6.45) is 3.58. The summed E-state index contributed by atoms with van der Waals surface area (Å²) in [5, 5.41) is 11.9. The highest BCUT2D eigenvalue weighted by atomic mass is 16.4. The third kappa shape index (κ3) is 4.64. The molecule has 0 saturated heterocycles. The molecule has 18 heavy (non-hydrogen) atoms. The second-order valence-electron chi connectivity index (χ2n) is 5.64. The Labute approximate surface area is 108 Å². The van der Waals surface area contributed by atoms with Crippen LogP contribution in [-0.2, 0) is 9.59 Å². The van der Waals surface area contributed by atoms with Crippen molar-refractivity contribution in [3.63, 3.8) is 0 Å². The molecule has 0 bridgehead atoms. The molecule has 0 heterocycles. The molecule has 104 valence electrons. The van der Waals surface area contributed by atoms with Crippen molar-refractivity contribution in [1.82, 2.24) is 5.32 Å². The minimum absolute atomic E-state index is 0.0365. The van der Waals surface area contributed by atoms with Crippen LogP contribution in [0, 0.1) is 11.8 Å². The van der Waals surface area contributed by atoms with Gasteiger partial charge in [-0.05, 0) is 31.6 Å². The van der Waals surface area contributed by atoms with E-state index in [9.17, 15) is 9.59 Å². The molecule has 0 aromatic heterocycles. The van der Waals surface area contributed by atoms with Crippen LogP contribution in [0.15, 0.2) is 0 Å². The number of hydrogen-bond acceptors (Lipinski definition) is 3. The minimum Gasteiger partial charge on any atom is -0.481 e. The van der Waals surface area contributed by atoms with Crippen molar-refractivity contribution in [2.45, 2.75) is 58.0 Å². The average Bonchev–Trinajstić information content (AvgIpc) is 2.28. The Morgan fingerprint density at radius 2 is 2.06 bits per heavy atom. The number of rotatable bonds is 5. The lowest BCUT2D eigenvalue weighted by molar-refractivity contribution is -0.143. The number of nitrogens with one attached hydrogen (secondary N) is 1. The number of carboxylic acids is 1. The second-order valence-corrected chi connectivity index (χ2v) is 5.64. The van der Waals surface area contributed by atoms with Gasteiger partial charge in [0.25, 0.3) is 0 Å². The lowest BCUT2D eigenvalue weighted by Gasteiger charge is -2.28. The second kappa shape index (κ2) is 6.73. The average molecular weight is 256 g/mol. The van der Waals surface area contributed by atoms with Crippen LogP contribution in [0.4, 0.5) is 0 Å². The Balaban J connectivity index is 2.41. The number of aliphatic carboxylic acids is 1. The van der Waals surface area contributed by atoms with Crippen LogP contribution in [0.3, 0.4) is 0 Å². The molecule has 4 N–H and O–H groups in total. The van der Waals surface area contributed by atoms with Crippen molar-refractivity contribution in [3.05, 3.63) is 0 Å². The third-order valence-electron chi connectivity index (χ3n) is 3.43. The maximum Gasteiger partial charge on any atom is 0.306 e. The van der Waals surface area contributed by atoms with Gasteiger partial charge in [0.15, 0.2) is 0 Å². The molecule has 1 rings (SSSR count). The highest BCUT2D eigenvalue weighted by molar-refractivity contribution is 5.81. The quantitative estimate of drug-likeness (QED) is 0.687. The van der Waals surface area contributed by atoms with Gasteiger partial charge in [-0.15, -0.1) is 0 Å². The van der Waals surface area contributed by atoms with Crippen LogP contribution in [-0.4, -0.2) is 29.1 Å². The standard InChI is InChI=1S/C13H24N2O3/c1-8(2)6-11(14)12(16)15-10-5-3-4-9(7-10)13(17)18/h8-11H,3-7,14H2,1-2H3,(H,15,16)(H,17,18). The van der Waals surface area contributed by atoms with Gasteiger partial charge >= 0.3 is 5.97 Å². The largest absolute Gasteiger partial charge is 0.481 e. The highest BCUT2D eigenvalue weighted by Gasteiger charge is 2.28. The fraction of sp³-hybridized carbons (Fsp3) is 0.846. The number of amides is 1. The monoisotopic (exact) mass is 256 g/mol. The zero-order valence-corrected chi connectivity index (χ0v) is 11.2. The van der Waals surface area contributed by atoms with Crippen LogP contribution >= 0.6 is 0 Å². The Morgan fingerprint density at radius 1 is 1.39 bits per heavy atom. The van der Waals surface area contributed by atoms with Crippen molar-refractivity contribution in [2.24, 2.45) is 17.6 Å². The summed E-state index contributed by atoms with van der Waals surface area (Å²) in [5.74, 6) is -0.866. The van der Waals surface area contributed by atoms with E-state index in [1.165, 1.54) is 0 Å². The Morgan fingerprint density at radius 3 is 2.61 bits per heavy atom. The molecule has 0 aromatic carbocycles. The summed E-state index contributed by atoms with van der Waals surface area (Å²) in [6.45, 7) is 4.04. The summed E-state index contributed by atoms with van der Waals surface area (Å²) in [4.78, 5) is 22.8. The number of carboxylic acid groups (broad SMARTS) is 1. The molecule has 0 spiro atoms. The van der Waals surface area contributed by atoms with Crippen LogP contribution in [0.1, 0.15) is 46.0 Å². The summed E-state index contributed by atoms with van der Waals surface area (Å²) in [5.41, 5.74) is 5.80. The van der Waals surface area contributed by atoms with Gasteiger partial charge in [-0.3, -0.25) is 9.59 Å². The van der Waals surface area contributed by atoms with E-state index in [2.05, 4.69) is 5.32 Å². The zero-order valence-electron chi connectivity index (χ0n) is 11.2. The maximum absolute atomic E-state index is 11.8. The summed E-state index contributed by atoms with van der Waals surface area (Å²) in [6, 6.07) is -0.527. The van der Waals surface area contributed by atoms with Crippen molar-refractivity contribution >= 4 is 11.9 Å². The topological polar surface area (TPSA) is 92.4 Å². The Kier molecular flexibility index (Phi) is 5.59. The number of carbonyl (C=O) groups is 2. The number of hydrogen-bond donors (Lipinski definition) is 3. The third-order valence-corrected chi connectivity index (χ3v) is 3.43. The molecular weight excluding hydrogens is 232 g/mol. The van der Waals surface area contributed by atoms with Gasteiger partial charge in [0.05, 0.1) is 12.0 Å². The van der Waals surface area contributed by atoms with Crippen LogP contribution in [0.25, 0.3) is 0 Å². The molecule has 1 saturated carbocycles. The van der Waals surface area contributed by atoms with Crippen LogP contribution in [0.5, 0.6) is 0 Å². The van der Waals surface area contributed by atoms with Crippen LogP contribution < -0.4 is 11.1 Å². The molecule has 5 heteroatoms. The van der Waals surface area contributed by atoms with E-state index in [1.807, 2.05) is 13.8 Å². The van der Waals surface area contributed by atoms with E-state index in [0.717, 1.165) is 12.8 Å². The molecule has 0 aromatic rings. The Bertz CT molecular complexity index is 305. The SMILES string of the molecule is CC(C)CC(N)C(=O)NC1CCCC(C(=O)O)C1. The predicted molar refractivity (Wildman–Crippen MR) is 69.0 cm³/mol. The summed E-state index contributed by atoms with van der Waals surface area (Å²) >= 11 is 0. The molecule has 0 aliphatic heterocycles. The molecule has 5 nitrogen and oxygen atoms in total. The molecule has 1 aliphatic carbocycles. The predicted octanol–water partition coefficient (Wildman–Crippen LogP) is 1.12. The molecule has 1 amide bonds. The van der Waals surface area contributed by atoms with Crippen LogP contribution in [0.2, 0.25) is 0 Å². The van der Waals surface area contributed by atoms with Gasteiger partial charge < -0.3 is 16.2 Å². The normalized spacial score (nSPS) is 25.8. The molecule has 1 aliphatic rings. The van der Waals surface area contributed by atoms with Crippen molar-refractivity contribution < 1.29 is 14.7 Å². The van der Waals surface area contributed by atoms with Gasteiger partial charge in [0, 0.05) is 6.04 Å². The fourth-order valence-electron chi connectivity index (χ4n) is 2.47. The van der Waals surface area contributed by atoms with Crippen molar-refractivity contribution in [1.29, 1.82) is 0 Å². The fourth-order valence-corrected chi connectivity index (χ4v) is 2.47. The van der Waals surface area contributed by atoms with E-state index in [-0.39, 0.29) is 17.9 Å². The van der Waals surface area contributed by atoms with E-state index >= 15 is 0 Å². The van der Waals surface area contributed by atoms with Crippen molar-refractivity contribution in [2.75, 3.05) is 0 Å². The zero-order chi connectivity index (χ0) is 13.7. The first-order valence-corrected chi connectivity index (χ1v) is 6.69. The van der Waals surface area contributed by atoms with E-state index in [4.69, 9.17) is 10.8 Å². The van der Waals surface area contributed by atoms with Gasteiger partial charge in [-0.2, -0.15) is 0 Å². The smallest absolute Gasteiger partial charge is 0.306 e. The van der Waals surface area contributed by atoms with Crippen molar-refractivity contribution in [3.8, 4) is 0 Å².